The summed E-state index contributed by atoms with van der Waals surface area (Å²) >= 11 is 0. The number of carbonyl (C=O) groups excluding carboxylic acids is 1. The fourth-order valence-electron chi connectivity index (χ4n) is 4.68. The van der Waals surface area contributed by atoms with Crippen molar-refractivity contribution in [2.45, 2.75) is 70.9 Å². The lowest BCUT2D eigenvalue weighted by Gasteiger charge is -2.40. The van der Waals surface area contributed by atoms with Gasteiger partial charge in [0.15, 0.2) is 0 Å². The Labute approximate surface area is 158 Å². The maximum absolute atomic E-state index is 12.9. The smallest absolute Gasteiger partial charge is 0.237 e. The Morgan fingerprint density at radius 2 is 2.04 bits per heavy atom. The largest absolute Gasteiger partial charge is 0.389 e. The highest BCUT2D eigenvalue weighted by Gasteiger charge is 2.33. The lowest BCUT2D eigenvalue weighted by atomic mass is 9.84. The van der Waals surface area contributed by atoms with E-state index in [-0.39, 0.29) is 11.9 Å². The van der Waals surface area contributed by atoms with Gasteiger partial charge in [0.2, 0.25) is 5.91 Å². The Morgan fingerprint density at radius 3 is 2.73 bits per heavy atom. The summed E-state index contributed by atoms with van der Waals surface area (Å²) in [5.41, 5.74) is 3.35. The topological polar surface area (TPSA) is 52.6 Å². The van der Waals surface area contributed by atoms with Gasteiger partial charge in [-0.2, -0.15) is 0 Å². The van der Waals surface area contributed by atoms with Crippen molar-refractivity contribution in [3.8, 4) is 0 Å². The number of nitrogens with one attached hydrogen (secondary N) is 1. The van der Waals surface area contributed by atoms with Gasteiger partial charge >= 0.3 is 0 Å². The number of aryl methyl sites for hydroxylation is 1. The number of rotatable bonds is 5. The first-order valence-corrected chi connectivity index (χ1v) is 10.2. The molecular weight excluding hydrogens is 324 g/mol. The van der Waals surface area contributed by atoms with Crippen molar-refractivity contribution < 1.29 is 9.90 Å². The molecule has 0 spiro atoms. The average molecular weight is 359 g/mol. The second kappa shape index (κ2) is 8.10. The standard InChI is InChI=1S/C22H34N2O2/c1-16(2)21-19-8-7-17(3)13-18(19)9-12-24(21)20(25)14-23-15-22(26)10-5-4-6-11-22/h7-8,13,16,21,23,26H,4-6,9-12,14-15H2,1-3H3/t21-/m0/s1. The average Bonchev–Trinajstić information content (AvgIpc) is 2.60. The molecule has 4 heteroatoms. The lowest BCUT2D eigenvalue weighted by molar-refractivity contribution is -0.134. The molecule has 2 N–H and O–H groups in total. The van der Waals surface area contributed by atoms with Crippen LogP contribution in [-0.2, 0) is 11.2 Å². The highest BCUT2D eigenvalue weighted by atomic mass is 16.3. The van der Waals surface area contributed by atoms with E-state index in [2.05, 4.69) is 44.3 Å². The Balaban J connectivity index is 1.64. The summed E-state index contributed by atoms with van der Waals surface area (Å²) in [5.74, 6) is 0.526. The molecule has 2 aliphatic rings. The SMILES string of the molecule is Cc1ccc2c(c1)CCN(C(=O)CNCC1(O)CCCCC1)[C@H]2C(C)C. The molecule has 0 bridgehead atoms. The van der Waals surface area contributed by atoms with Gasteiger partial charge in [0.05, 0.1) is 18.2 Å². The summed E-state index contributed by atoms with van der Waals surface area (Å²) in [4.78, 5) is 15.0. The molecule has 1 aliphatic carbocycles. The molecule has 0 aromatic heterocycles. The molecule has 1 amide bonds. The van der Waals surface area contributed by atoms with Crippen LogP contribution >= 0.6 is 0 Å². The Morgan fingerprint density at radius 1 is 1.31 bits per heavy atom. The summed E-state index contributed by atoms with van der Waals surface area (Å²) in [6.07, 6.45) is 6.01. The first-order chi connectivity index (χ1) is 12.4. The van der Waals surface area contributed by atoms with Crippen molar-refractivity contribution in [3.63, 3.8) is 0 Å². The van der Waals surface area contributed by atoms with E-state index in [0.29, 0.717) is 19.0 Å². The Kier molecular flexibility index (Phi) is 6.03. The van der Waals surface area contributed by atoms with E-state index in [0.717, 1.165) is 38.6 Å². The number of aliphatic hydroxyl groups is 1. The van der Waals surface area contributed by atoms with Crippen LogP contribution in [0.3, 0.4) is 0 Å². The maximum Gasteiger partial charge on any atom is 0.237 e. The number of amides is 1. The summed E-state index contributed by atoms with van der Waals surface area (Å²) < 4.78 is 0. The van der Waals surface area contributed by atoms with Crippen LogP contribution in [0.1, 0.15) is 68.7 Å². The minimum absolute atomic E-state index is 0.145. The number of benzene rings is 1. The molecule has 0 radical (unpaired) electrons. The van der Waals surface area contributed by atoms with E-state index >= 15 is 0 Å². The fraction of sp³-hybridized carbons (Fsp3) is 0.682. The van der Waals surface area contributed by atoms with Crippen LogP contribution in [0.25, 0.3) is 0 Å². The lowest BCUT2D eigenvalue weighted by Crippen LogP contribution is -2.49. The van der Waals surface area contributed by atoms with Gasteiger partial charge in [-0.15, -0.1) is 0 Å². The molecule has 1 saturated carbocycles. The number of carbonyl (C=O) groups is 1. The molecule has 26 heavy (non-hydrogen) atoms. The highest BCUT2D eigenvalue weighted by molar-refractivity contribution is 5.79. The van der Waals surface area contributed by atoms with Gasteiger partial charge in [-0.3, -0.25) is 4.79 Å². The number of fused-ring (bicyclic) bond motifs is 1. The third-order valence-electron chi connectivity index (χ3n) is 6.04. The van der Waals surface area contributed by atoms with Gasteiger partial charge in [-0.25, -0.2) is 0 Å². The van der Waals surface area contributed by atoms with E-state index in [1.54, 1.807) is 0 Å². The molecule has 1 fully saturated rings. The van der Waals surface area contributed by atoms with Crippen molar-refractivity contribution in [3.05, 3.63) is 34.9 Å². The molecule has 1 aliphatic heterocycles. The summed E-state index contributed by atoms with van der Waals surface area (Å²) in [6, 6.07) is 6.77. The van der Waals surface area contributed by atoms with Gasteiger partial charge in [0.25, 0.3) is 0 Å². The van der Waals surface area contributed by atoms with E-state index < -0.39 is 5.60 Å². The van der Waals surface area contributed by atoms with Crippen LogP contribution in [0.5, 0.6) is 0 Å². The molecular formula is C22H34N2O2. The van der Waals surface area contributed by atoms with E-state index in [9.17, 15) is 9.90 Å². The van der Waals surface area contributed by atoms with E-state index in [1.807, 2.05) is 4.90 Å². The van der Waals surface area contributed by atoms with Crippen LogP contribution in [0.2, 0.25) is 0 Å². The van der Waals surface area contributed by atoms with Gasteiger partial charge in [-0.05, 0) is 43.2 Å². The van der Waals surface area contributed by atoms with E-state index in [1.165, 1.54) is 23.1 Å². The van der Waals surface area contributed by atoms with Crippen LogP contribution in [0.4, 0.5) is 0 Å². The fourth-order valence-corrected chi connectivity index (χ4v) is 4.68. The zero-order valence-corrected chi connectivity index (χ0v) is 16.6. The molecule has 144 valence electrons. The Hall–Kier alpha value is -1.39. The minimum Gasteiger partial charge on any atom is -0.389 e. The third kappa shape index (κ3) is 4.29. The van der Waals surface area contributed by atoms with Crippen molar-refractivity contribution >= 4 is 5.91 Å². The monoisotopic (exact) mass is 358 g/mol. The normalized spacial score (nSPS) is 22.3. The quantitative estimate of drug-likeness (QED) is 0.849. The van der Waals surface area contributed by atoms with Gasteiger partial charge < -0.3 is 15.3 Å². The molecule has 1 aromatic carbocycles. The van der Waals surface area contributed by atoms with Crippen molar-refractivity contribution in [1.82, 2.24) is 10.2 Å². The first-order valence-electron chi connectivity index (χ1n) is 10.2. The molecule has 4 nitrogen and oxygen atoms in total. The van der Waals surface area contributed by atoms with Gasteiger partial charge in [-0.1, -0.05) is 56.9 Å². The Bertz CT molecular complexity index is 635. The van der Waals surface area contributed by atoms with Crippen molar-refractivity contribution in [2.24, 2.45) is 5.92 Å². The maximum atomic E-state index is 12.9. The van der Waals surface area contributed by atoms with Crippen LogP contribution in [0, 0.1) is 12.8 Å². The van der Waals surface area contributed by atoms with Crippen LogP contribution < -0.4 is 5.32 Å². The van der Waals surface area contributed by atoms with Gasteiger partial charge in [0.1, 0.15) is 0 Å². The minimum atomic E-state index is -0.623. The predicted molar refractivity (Wildman–Crippen MR) is 105 cm³/mol. The third-order valence-corrected chi connectivity index (χ3v) is 6.04. The highest BCUT2D eigenvalue weighted by Crippen LogP contribution is 2.35. The molecule has 0 unspecified atom stereocenters. The zero-order valence-electron chi connectivity index (χ0n) is 16.6. The predicted octanol–water partition coefficient (Wildman–Crippen LogP) is 3.36. The van der Waals surface area contributed by atoms with Crippen molar-refractivity contribution in [2.75, 3.05) is 19.6 Å². The molecule has 1 atom stereocenters. The van der Waals surface area contributed by atoms with Gasteiger partial charge in [0, 0.05) is 13.1 Å². The summed E-state index contributed by atoms with van der Waals surface area (Å²) in [5, 5.41) is 13.8. The summed E-state index contributed by atoms with van der Waals surface area (Å²) in [7, 11) is 0. The first kappa shape index (κ1) is 19.4. The second-order valence-corrected chi connectivity index (χ2v) is 8.62. The second-order valence-electron chi connectivity index (χ2n) is 8.62. The number of hydrogen-bond acceptors (Lipinski definition) is 3. The van der Waals surface area contributed by atoms with Crippen LogP contribution in [-0.4, -0.2) is 41.1 Å². The summed E-state index contributed by atoms with van der Waals surface area (Å²) in [6.45, 7) is 8.13. The number of hydrogen-bond donors (Lipinski definition) is 2. The van der Waals surface area contributed by atoms with Crippen molar-refractivity contribution in [1.29, 1.82) is 0 Å². The van der Waals surface area contributed by atoms with E-state index in [4.69, 9.17) is 0 Å². The molecule has 1 heterocycles. The zero-order chi connectivity index (χ0) is 18.7. The molecule has 3 rings (SSSR count). The van der Waals surface area contributed by atoms with Crippen LogP contribution in [0.15, 0.2) is 18.2 Å². The molecule has 0 saturated heterocycles. The molecule has 1 aromatic rings. The number of nitrogens with zero attached hydrogens (tertiary/aromatic N) is 1.